The molecule has 0 aliphatic carbocycles. The summed E-state index contributed by atoms with van der Waals surface area (Å²) in [6.45, 7) is 0.486. The molecule has 0 saturated heterocycles. The van der Waals surface area contributed by atoms with Crippen LogP contribution in [0.5, 0.6) is 0 Å². The number of fused-ring (bicyclic) bond motifs is 2. The fourth-order valence-electron chi connectivity index (χ4n) is 4.06. The third-order valence-electron chi connectivity index (χ3n) is 5.48. The Kier molecular flexibility index (Phi) is 4.13. The predicted molar refractivity (Wildman–Crippen MR) is 109 cm³/mol. The molecule has 8 heteroatoms. The molecule has 2 aromatic carbocycles. The van der Waals surface area contributed by atoms with Crippen LogP contribution in [0.25, 0.3) is 11.0 Å². The molecule has 7 nitrogen and oxygen atoms in total. The summed E-state index contributed by atoms with van der Waals surface area (Å²) in [5, 5.41) is 13.6. The molecule has 1 aliphatic heterocycles. The second-order valence-electron chi connectivity index (χ2n) is 7.32. The number of rotatable bonds is 4. The van der Waals surface area contributed by atoms with E-state index in [1.54, 1.807) is 22.7 Å². The third-order valence-corrected chi connectivity index (χ3v) is 5.80. The molecule has 29 heavy (non-hydrogen) atoms. The molecule has 2 aromatic heterocycles. The first-order valence-electron chi connectivity index (χ1n) is 9.37. The van der Waals surface area contributed by atoms with Crippen molar-refractivity contribution < 1.29 is 4.79 Å². The van der Waals surface area contributed by atoms with Gasteiger partial charge in [-0.1, -0.05) is 35.9 Å². The highest BCUT2D eigenvalue weighted by atomic mass is 35.5. The van der Waals surface area contributed by atoms with Crippen molar-refractivity contribution in [3.63, 3.8) is 0 Å². The number of hydrogen-bond acceptors (Lipinski definition) is 4. The van der Waals surface area contributed by atoms with E-state index in [4.69, 9.17) is 11.6 Å². The van der Waals surface area contributed by atoms with E-state index in [1.807, 2.05) is 54.4 Å². The Bertz CT molecular complexity index is 1220. The van der Waals surface area contributed by atoms with Crippen molar-refractivity contribution in [1.82, 2.24) is 29.7 Å². The van der Waals surface area contributed by atoms with Crippen molar-refractivity contribution in [3.05, 3.63) is 76.1 Å². The molecule has 0 N–H and O–H groups in total. The van der Waals surface area contributed by atoms with Crippen LogP contribution >= 0.6 is 11.6 Å². The van der Waals surface area contributed by atoms with Gasteiger partial charge in [-0.05, 0) is 29.3 Å². The molecule has 0 fully saturated rings. The summed E-state index contributed by atoms with van der Waals surface area (Å²) in [5.74, 6) is 0.0307. The van der Waals surface area contributed by atoms with Crippen molar-refractivity contribution in [2.45, 2.75) is 19.0 Å². The van der Waals surface area contributed by atoms with Gasteiger partial charge in [0.05, 0.1) is 23.0 Å². The van der Waals surface area contributed by atoms with E-state index in [-0.39, 0.29) is 11.9 Å². The SMILES string of the molecule is Cn1nc2ccc(CN3C(=O)c4ccccc4C3Cc3c(Cl)cnn3C)cc2n1. The normalized spacial score (nSPS) is 16.0. The Morgan fingerprint density at radius 1 is 1.07 bits per heavy atom. The van der Waals surface area contributed by atoms with E-state index < -0.39 is 0 Å². The highest BCUT2D eigenvalue weighted by molar-refractivity contribution is 6.31. The lowest BCUT2D eigenvalue weighted by Crippen LogP contribution is -2.29. The molecule has 3 heterocycles. The fourth-order valence-corrected chi connectivity index (χ4v) is 4.30. The van der Waals surface area contributed by atoms with Crippen molar-refractivity contribution in [2.24, 2.45) is 14.1 Å². The van der Waals surface area contributed by atoms with Crippen LogP contribution in [0.2, 0.25) is 5.02 Å². The van der Waals surface area contributed by atoms with Crippen molar-refractivity contribution in [2.75, 3.05) is 0 Å². The number of aromatic nitrogens is 5. The van der Waals surface area contributed by atoms with Crippen LogP contribution in [0.3, 0.4) is 0 Å². The molecule has 0 spiro atoms. The summed E-state index contributed by atoms with van der Waals surface area (Å²) in [7, 11) is 3.67. The minimum Gasteiger partial charge on any atom is -0.327 e. The first-order valence-corrected chi connectivity index (χ1v) is 9.75. The van der Waals surface area contributed by atoms with Gasteiger partial charge in [-0.2, -0.15) is 20.1 Å². The lowest BCUT2D eigenvalue weighted by Gasteiger charge is -2.26. The lowest BCUT2D eigenvalue weighted by atomic mass is 10.0. The minimum absolute atomic E-state index is 0.0307. The van der Waals surface area contributed by atoms with Gasteiger partial charge in [-0.15, -0.1) is 0 Å². The van der Waals surface area contributed by atoms with Gasteiger partial charge in [0.15, 0.2) is 0 Å². The van der Waals surface area contributed by atoms with E-state index >= 15 is 0 Å². The van der Waals surface area contributed by atoms with Gasteiger partial charge >= 0.3 is 0 Å². The molecule has 1 amide bonds. The summed E-state index contributed by atoms with van der Waals surface area (Å²) in [6, 6.07) is 13.6. The van der Waals surface area contributed by atoms with Crippen LogP contribution in [-0.4, -0.2) is 35.6 Å². The molecule has 0 saturated carbocycles. The van der Waals surface area contributed by atoms with E-state index in [0.29, 0.717) is 18.0 Å². The highest BCUT2D eigenvalue weighted by Gasteiger charge is 2.37. The highest BCUT2D eigenvalue weighted by Crippen LogP contribution is 2.38. The standard InChI is InChI=1S/C21H19ClN6O/c1-26-20(16(22)11-23-26)10-19-14-5-3-4-6-15(14)21(29)28(19)12-13-7-8-17-18(9-13)25-27(2)24-17/h3-9,11,19H,10,12H2,1-2H3. The Morgan fingerprint density at radius 2 is 1.86 bits per heavy atom. The number of carbonyl (C=O) groups excluding carboxylic acids is 1. The van der Waals surface area contributed by atoms with Crippen molar-refractivity contribution in [1.29, 1.82) is 0 Å². The molecule has 5 rings (SSSR count). The number of benzene rings is 2. The summed E-state index contributed by atoms with van der Waals surface area (Å²) in [5.41, 5.74) is 5.36. The van der Waals surface area contributed by atoms with Gasteiger partial charge in [0, 0.05) is 32.6 Å². The second kappa shape index (κ2) is 6.70. The smallest absolute Gasteiger partial charge is 0.255 e. The van der Waals surface area contributed by atoms with Crippen molar-refractivity contribution >= 4 is 28.5 Å². The third kappa shape index (κ3) is 2.98. The molecule has 1 atom stereocenters. The van der Waals surface area contributed by atoms with Gasteiger partial charge in [-0.3, -0.25) is 9.48 Å². The number of hydrogen-bond donors (Lipinski definition) is 0. The summed E-state index contributed by atoms with van der Waals surface area (Å²) < 4.78 is 1.78. The van der Waals surface area contributed by atoms with Crippen LogP contribution in [0, 0.1) is 0 Å². The number of carbonyl (C=O) groups is 1. The average Bonchev–Trinajstić information content (AvgIpc) is 3.32. The van der Waals surface area contributed by atoms with Crippen molar-refractivity contribution in [3.8, 4) is 0 Å². The zero-order chi connectivity index (χ0) is 20.1. The quantitative estimate of drug-likeness (QED) is 0.521. The molecule has 0 bridgehead atoms. The Morgan fingerprint density at radius 3 is 2.66 bits per heavy atom. The van der Waals surface area contributed by atoms with E-state index in [9.17, 15) is 4.79 Å². The maximum absolute atomic E-state index is 13.2. The Hall–Kier alpha value is -3.19. The zero-order valence-corrected chi connectivity index (χ0v) is 16.8. The Balaban J connectivity index is 1.53. The summed E-state index contributed by atoms with van der Waals surface area (Å²) in [6.07, 6.45) is 2.25. The monoisotopic (exact) mass is 406 g/mol. The maximum atomic E-state index is 13.2. The topological polar surface area (TPSA) is 68.8 Å². The van der Waals surface area contributed by atoms with Crippen LogP contribution in [0.15, 0.2) is 48.7 Å². The fraction of sp³-hybridized carbons (Fsp3) is 0.238. The first kappa shape index (κ1) is 17.9. The van der Waals surface area contributed by atoms with E-state index in [2.05, 4.69) is 15.3 Å². The van der Waals surface area contributed by atoms with Crippen LogP contribution < -0.4 is 0 Å². The number of aryl methyl sites for hydroxylation is 2. The molecule has 1 aliphatic rings. The minimum atomic E-state index is -0.107. The molecule has 0 radical (unpaired) electrons. The van der Waals surface area contributed by atoms with Gasteiger partial charge in [-0.25, -0.2) is 0 Å². The van der Waals surface area contributed by atoms with Crippen LogP contribution in [0.4, 0.5) is 0 Å². The van der Waals surface area contributed by atoms with Gasteiger partial charge in [0.1, 0.15) is 11.0 Å². The second-order valence-corrected chi connectivity index (χ2v) is 7.72. The molecule has 4 aromatic rings. The molecule has 1 unspecified atom stereocenters. The van der Waals surface area contributed by atoms with Gasteiger partial charge < -0.3 is 4.90 Å². The zero-order valence-electron chi connectivity index (χ0n) is 16.1. The lowest BCUT2D eigenvalue weighted by molar-refractivity contribution is 0.0708. The largest absolute Gasteiger partial charge is 0.327 e. The van der Waals surface area contributed by atoms with Gasteiger partial charge in [0.2, 0.25) is 0 Å². The summed E-state index contributed by atoms with van der Waals surface area (Å²) >= 11 is 6.36. The van der Waals surface area contributed by atoms with E-state index in [1.165, 1.54) is 0 Å². The molecular formula is C21H19ClN6O. The predicted octanol–water partition coefficient (Wildman–Crippen LogP) is 3.30. The van der Waals surface area contributed by atoms with Gasteiger partial charge in [0.25, 0.3) is 5.91 Å². The van der Waals surface area contributed by atoms with Crippen LogP contribution in [0.1, 0.15) is 33.2 Å². The Labute approximate surface area is 172 Å². The first-order chi connectivity index (χ1) is 14.0. The average molecular weight is 407 g/mol. The maximum Gasteiger partial charge on any atom is 0.255 e. The van der Waals surface area contributed by atoms with Crippen LogP contribution in [-0.2, 0) is 27.1 Å². The molecule has 146 valence electrons. The summed E-state index contributed by atoms with van der Waals surface area (Å²) in [4.78, 5) is 16.7. The number of nitrogens with zero attached hydrogens (tertiary/aromatic N) is 6. The number of amides is 1. The molecular weight excluding hydrogens is 388 g/mol. The van der Waals surface area contributed by atoms with E-state index in [0.717, 1.165) is 33.4 Å². The number of halogens is 1.